The number of carboxylic acids is 2. The number of rotatable bonds is 4. The summed E-state index contributed by atoms with van der Waals surface area (Å²) >= 11 is 0. The first kappa shape index (κ1) is 19.7. The van der Waals surface area contributed by atoms with Gasteiger partial charge in [0.1, 0.15) is 0 Å². The molecule has 96 valence electrons. The molecule has 0 aliphatic rings. The molecule has 0 amide bonds. The van der Waals surface area contributed by atoms with Crippen LogP contribution in [0.5, 0.6) is 0 Å². The van der Waals surface area contributed by atoms with Gasteiger partial charge < -0.3 is 16.4 Å². The highest BCUT2D eigenvalue weighted by atomic mass is 32.2. The molecule has 16 heavy (non-hydrogen) atoms. The molecule has 0 aromatic heterocycles. The van der Waals surface area contributed by atoms with Gasteiger partial charge in [0.25, 0.3) is 10.1 Å². The molecule has 0 aromatic carbocycles. The van der Waals surface area contributed by atoms with Crippen molar-refractivity contribution in [3.63, 3.8) is 0 Å². The molecule has 12 heteroatoms. The molecule has 1 atom stereocenters. The van der Waals surface area contributed by atoms with Crippen LogP contribution in [0.1, 0.15) is 6.42 Å². The second kappa shape index (κ2) is 8.51. The summed E-state index contributed by atoms with van der Waals surface area (Å²) in [7, 11) is -4.84. The summed E-state index contributed by atoms with van der Waals surface area (Å²) < 4.78 is 28.7. The molecular weight excluding hydrogens is 252 g/mol. The first-order valence-electron chi connectivity index (χ1n) is 3.07. The fourth-order valence-electron chi connectivity index (χ4n) is 0.479. The van der Waals surface area contributed by atoms with Gasteiger partial charge in [-0.25, -0.2) is 0 Å². The number of hydrogen-bond donors (Lipinski definition) is 5. The first-order valence-corrected chi connectivity index (χ1v) is 4.57. The van der Waals surface area contributed by atoms with Crippen molar-refractivity contribution in [2.45, 2.75) is 11.7 Å². The third-order valence-electron chi connectivity index (χ3n) is 0.995. The number of hydrogen-bond acceptors (Lipinski definition) is 7. The van der Waals surface area contributed by atoms with E-state index >= 15 is 0 Å². The van der Waals surface area contributed by atoms with Gasteiger partial charge in [-0.2, -0.15) is 8.42 Å². The molecule has 0 radical (unpaired) electrons. The van der Waals surface area contributed by atoms with Crippen LogP contribution in [-0.2, 0) is 19.7 Å². The molecule has 0 heterocycles. The van der Waals surface area contributed by atoms with Crippen LogP contribution in [0.4, 0.5) is 0 Å². The smallest absolute Gasteiger partial charge is 0.325 e. The summed E-state index contributed by atoms with van der Waals surface area (Å²) in [5.41, 5.74) is 0. The van der Waals surface area contributed by atoms with Crippen LogP contribution in [0.15, 0.2) is 0 Å². The van der Waals surface area contributed by atoms with Gasteiger partial charge in [0.15, 0.2) is 5.25 Å². The summed E-state index contributed by atoms with van der Waals surface area (Å²) in [4.78, 5) is 28.1. The Bertz CT molecular complexity index is 335. The van der Waals surface area contributed by atoms with Crippen LogP contribution in [0.3, 0.4) is 0 Å². The molecule has 11 nitrogen and oxygen atoms in total. The van der Waals surface area contributed by atoms with Crippen molar-refractivity contribution in [2.75, 3.05) is 0 Å². The Labute approximate surface area is 89.0 Å². The Balaban J connectivity index is -0.000000377. The van der Waals surface area contributed by atoms with E-state index in [4.69, 9.17) is 24.9 Å². The van der Waals surface area contributed by atoms with E-state index in [9.17, 15) is 18.0 Å². The summed E-state index contributed by atoms with van der Waals surface area (Å²) in [5.74, 6) is -3.50. The standard InChI is InChI=1S/C4H6O7S.HNO2.H3N/c5-3(6)1-2(4(7)8)12(9,10)11;2-1-3;/h2H,1H2,(H,5,6)(H,7,8)(H,9,10,11);1H;1H3. The Hall–Kier alpha value is -1.79. The lowest BCUT2D eigenvalue weighted by Crippen LogP contribution is -2.53. The predicted molar refractivity (Wildman–Crippen MR) is 47.9 cm³/mol. The third kappa shape index (κ3) is 10.3. The molecule has 0 fully saturated rings. The topological polar surface area (TPSA) is 218 Å². The zero-order chi connectivity index (χ0) is 12.6. The van der Waals surface area contributed by atoms with Crippen LogP contribution >= 0.6 is 0 Å². The molecule has 0 bridgehead atoms. The van der Waals surface area contributed by atoms with Crippen molar-refractivity contribution in [2.24, 2.45) is 0 Å². The van der Waals surface area contributed by atoms with E-state index in [2.05, 4.69) is 0 Å². The minimum Gasteiger partial charge on any atom is -0.481 e. The van der Waals surface area contributed by atoms with Crippen molar-refractivity contribution in [1.82, 2.24) is 6.15 Å². The van der Waals surface area contributed by atoms with E-state index in [1.165, 1.54) is 0 Å². The van der Waals surface area contributed by atoms with Crippen molar-refractivity contribution in [1.29, 1.82) is 0 Å². The maximum Gasteiger partial charge on any atom is 0.325 e. The molecule has 7 N–H and O–H groups in total. The molecule has 0 saturated carbocycles. The molecule has 0 saturated heterocycles. The third-order valence-corrected chi connectivity index (χ3v) is 2.08. The lowest BCUT2D eigenvalue weighted by molar-refractivity contribution is -0.398. The monoisotopic (exact) mass is 262 g/mol. The fraction of sp³-hybridized carbons (Fsp3) is 0.500. The number of nitrogens with one attached hydrogen (secondary N) is 1. The average molecular weight is 262 g/mol. The Morgan fingerprint density at radius 1 is 1.31 bits per heavy atom. The second-order valence-corrected chi connectivity index (χ2v) is 3.62. The van der Waals surface area contributed by atoms with Crippen LogP contribution in [0.2, 0.25) is 0 Å². The summed E-state index contributed by atoms with van der Waals surface area (Å²) in [6.07, 6.45) is -1.16. The van der Waals surface area contributed by atoms with E-state index in [0.717, 1.165) is 0 Å². The van der Waals surface area contributed by atoms with Gasteiger partial charge in [-0.1, -0.05) is 0 Å². The molecule has 1 unspecified atom stereocenters. The van der Waals surface area contributed by atoms with Gasteiger partial charge in [0.2, 0.25) is 0 Å². The zero-order valence-electron chi connectivity index (χ0n) is 7.69. The highest BCUT2D eigenvalue weighted by Crippen LogP contribution is 2.04. The largest absolute Gasteiger partial charge is 0.481 e. The highest BCUT2D eigenvalue weighted by molar-refractivity contribution is 7.87. The van der Waals surface area contributed by atoms with Gasteiger partial charge in [0.05, 0.1) is 6.42 Å². The van der Waals surface area contributed by atoms with Crippen molar-refractivity contribution in [3.05, 3.63) is 10.1 Å². The summed E-state index contributed by atoms with van der Waals surface area (Å²) in [6.45, 7) is 0. The first-order chi connectivity index (χ1) is 6.66. The normalized spacial score (nSPS) is 11.1. The van der Waals surface area contributed by atoms with Crippen LogP contribution in [0, 0.1) is 10.1 Å². The predicted octanol–water partition coefficient (Wildman–Crippen LogP) is -2.70. The van der Waals surface area contributed by atoms with Gasteiger partial charge in [-0.05, 0) is 0 Å². The Morgan fingerprint density at radius 3 is 1.69 bits per heavy atom. The molecule has 0 aliphatic heterocycles. The molecule has 0 aliphatic carbocycles. The minimum atomic E-state index is -4.84. The van der Waals surface area contributed by atoms with E-state index in [1.807, 2.05) is 0 Å². The van der Waals surface area contributed by atoms with Gasteiger partial charge >= 0.3 is 11.9 Å². The lowest BCUT2D eigenvalue weighted by atomic mass is 10.3. The van der Waals surface area contributed by atoms with E-state index < -0.39 is 33.7 Å². The van der Waals surface area contributed by atoms with Gasteiger partial charge in [-0.15, -0.1) is 0 Å². The number of aliphatic carboxylic acids is 2. The van der Waals surface area contributed by atoms with Crippen LogP contribution in [-0.4, -0.2) is 40.4 Å². The fourth-order valence-corrected chi connectivity index (χ4v) is 1.09. The number of carbonyl (C=O) groups is 2. The average Bonchev–Trinajstić information content (AvgIpc) is 1.98. The van der Waals surface area contributed by atoms with Gasteiger partial charge in [-0.3, -0.25) is 24.3 Å². The molecule has 0 spiro atoms. The van der Waals surface area contributed by atoms with E-state index in [-0.39, 0.29) is 11.5 Å². The maximum absolute atomic E-state index is 10.2. The van der Waals surface area contributed by atoms with Gasteiger partial charge in [0, 0.05) is 5.34 Å². The highest BCUT2D eigenvalue weighted by Gasteiger charge is 2.33. The molecular formula is C4H10N2O9S. The zero-order valence-corrected chi connectivity index (χ0v) is 8.51. The van der Waals surface area contributed by atoms with Crippen LogP contribution in [0.25, 0.3) is 0 Å². The second-order valence-electron chi connectivity index (χ2n) is 2.02. The SMILES string of the molecule is N.O=C(O)CC(C(=O)O)S(=O)(=O)O.O=[NH+][O-]. The summed E-state index contributed by atoms with van der Waals surface area (Å²) in [6, 6.07) is 0. The maximum atomic E-state index is 10.2. The quantitative estimate of drug-likeness (QED) is 0.200. The lowest BCUT2D eigenvalue weighted by Gasteiger charge is -2.04. The molecule has 0 rings (SSSR count). The van der Waals surface area contributed by atoms with Crippen LogP contribution < -0.4 is 11.5 Å². The Kier molecular flexibility index (Phi) is 10.5. The molecule has 0 aromatic rings. The van der Waals surface area contributed by atoms with Crippen molar-refractivity contribution in [3.8, 4) is 0 Å². The van der Waals surface area contributed by atoms with E-state index in [0.29, 0.717) is 0 Å². The van der Waals surface area contributed by atoms with Crippen molar-refractivity contribution >= 4 is 22.1 Å². The van der Waals surface area contributed by atoms with Crippen molar-refractivity contribution < 1.29 is 38.1 Å². The minimum absolute atomic E-state index is 0. The number of carboxylic acid groups (broad SMARTS) is 2. The Morgan fingerprint density at radius 2 is 1.62 bits per heavy atom. The summed E-state index contributed by atoms with van der Waals surface area (Å²) in [5, 5.41) is 22.3. The van der Waals surface area contributed by atoms with E-state index in [1.54, 1.807) is 0 Å².